The summed E-state index contributed by atoms with van der Waals surface area (Å²) in [5, 5.41) is 7.21. The zero-order valence-electron chi connectivity index (χ0n) is 13.5. The Morgan fingerprint density at radius 1 is 1.27 bits per heavy atom. The van der Waals surface area contributed by atoms with Crippen LogP contribution in [0.4, 0.5) is 13.2 Å². The molecule has 26 heavy (non-hydrogen) atoms. The van der Waals surface area contributed by atoms with Crippen molar-refractivity contribution < 1.29 is 22.7 Å². The minimum absolute atomic E-state index is 0.0871. The van der Waals surface area contributed by atoms with Crippen LogP contribution in [0.5, 0.6) is 5.75 Å². The van der Waals surface area contributed by atoms with Crippen LogP contribution in [0, 0.1) is 6.92 Å². The van der Waals surface area contributed by atoms with Crippen molar-refractivity contribution in [3.05, 3.63) is 57.2 Å². The van der Waals surface area contributed by atoms with Crippen molar-refractivity contribution in [1.29, 1.82) is 0 Å². The Morgan fingerprint density at radius 3 is 2.73 bits per heavy atom. The lowest BCUT2D eigenvalue weighted by molar-refractivity contribution is -0.274. The predicted octanol–water partition coefficient (Wildman–Crippen LogP) is 5.01. The molecule has 0 saturated carbocycles. The Morgan fingerprint density at radius 2 is 2.04 bits per heavy atom. The normalized spacial score (nSPS) is 11.4. The number of thiazole rings is 1. The van der Waals surface area contributed by atoms with E-state index >= 15 is 0 Å². The topological polar surface area (TPSA) is 51.2 Å². The predicted molar refractivity (Wildman–Crippen MR) is 94.5 cm³/mol. The molecule has 0 spiro atoms. The second-order valence-electron chi connectivity index (χ2n) is 5.28. The average molecular weight is 398 g/mol. The molecular formula is C17H13F3N2O2S2. The van der Waals surface area contributed by atoms with Crippen molar-refractivity contribution >= 4 is 28.6 Å². The molecule has 0 fully saturated rings. The molecule has 0 unspecified atom stereocenters. The van der Waals surface area contributed by atoms with Gasteiger partial charge < -0.3 is 10.1 Å². The Hall–Kier alpha value is -2.39. The Labute approximate surface area is 155 Å². The van der Waals surface area contributed by atoms with E-state index in [1.807, 2.05) is 16.8 Å². The molecule has 9 heteroatoms. The minimum atomic E-state index is -4.79. The lowest BCUT2D eigenvalue weighted by Crippen LogP contribution is -2.24. The minimum Gasteiger partial charge on any atom is -0.405 e. The molecule has 2 aromatic heterocycles. The smallest absolute Gasteiger partial charge is 0.405 e. The van der Waals surface area contributed by atoms with E-state index in [0.29, 0.717) is 10.6 Å². The van der Waals surface area contributed by atoms with Crippen LogP contribution in [0.3, 0.4) is 0 Å². The Balaban J connectivity index is 1.72. The molecule has 0 aliphatic carbocycles. The molecular weight excluding hydrogens is 385 g/mol. The number of para-hydroxylation sites is 1. The third-order valence-electron chi connectivity index (χ3n) is 3.41. The summed E-state index contributed by atoms with van der Waals surface area (Å²) in [5.41, 5.74) is 1.75. The van der Waals surface area contributed by atoms with E-state index < -0.39 is 6.36 Å². The quantitative estimate of drug-likeness (QED) is 0.657. The van der Waals surface area contributed by atoms with E-state index in [1.54, 1.807) is 13.0 Å². The second-order valence-corrected chi connectivity index (χ2v) is 7.06. The molecule has 2 heterocycles. The molecule has 0 atom stereocenters. The molecule has 1 N–H and O–H groups in total. The van der Waals surface area contributed by atoms with Gasteiger partial charge in [-0.25, -0.2) is 4.98 Å². The molecule has 3 rings (SSSR count). The summed E-state index contributed by atoms with van der Waals surface area (Å²) in [6, 6.07) is 7.61. The number of carbonyl (C=O) groups is 1. The first-order chi connectivity index (χ1) is 12.3. The molecule has 0 aliphatic heterocycles. The van der Waals surface area contributed by atoms with Gasteiger partial charge in [-0.2, -0.15) is 11.3 Å². The standard InChI is InChI=1S/C17H13F3N2O2S2/c1-10-14(26-16(22-10)12-6-7-25-9-12)15(23)21-8-11-4-2-3-5-13(11)24-17(18,19)20/h2-7,9H,8H2,1H3,(H,21,23). The van der Waals surface area contributed by atoms with Gasteiger partial charge in [0.15, 0.2) is 0 Å². The van der Waals surface area contributed by atoms with E-state index in [1.165, 1.54) is 40.9 Å². The summed E-state index contributed by atoms with van der Waals surface area (Å²) in [6.07, 6.45) is -4.79. The fraction of sp³-hybridized carbons (Fsp3) is 0.176. The molecule has 1 aromatic carbocycles. The van der Waals surface area contributed by atoms with Crippen molar-refractivity contribution in [3.8, 4) is 16.3 Å². The average Bonchev–Trinajstić information content (AvgIpc) is 3.21. The van der Waals surface area contributed by atoms with Crippen molar-refractivity contribution in [1.82, 2.24) is 10.3 Å². The summed E-state index contributed by atoms with van der Waals surface area (Å²) in [6.45, 7) is 1.64. The maximum absolute atomic E-state index is 12.5. The van der Waals surface area contributed by atoms with E-state index in [4.69, 9.17) is 0 Å². The van der Waals surface area contributed by atoms with Crippen LogP contribution in [0.25, 0.3) is 10.6 Å². The lowest BCUT2D eigenvalue weighted by Gasteiger charge is -2.13. The number of alkyl halides is 3. The summed E-state index contributed by atoms with van der Waals surface area (Å²) >= 11 is 2.78. The SMILES string of the molecule is Cc1nc(-c2ccsc2)sc1C(=O)NCc1ccccc1OC(F)(F)F. The van der Waals surface area contributed by atoms with Gasteiger partial charge in [0.05, 0.1) is 5.69 Å². The number of halogens is 3. The number of nitrogens with zero attached hydrogens (tertiary/aromatic N) is 1. The summed E-state index contributed by atoms with van der Waals surface area (Å²) < 4.78 is 41.4. The van der Waals surface area contributed by atoms with E-state index in [0.717, 1.165) is 10.6 Å². The van der Waals surface area contributed by atoms with Crippen LogP contribution in [0.1, 0.15) is 20.9 Å². The number of carbonyl (C=O) groups excluding carboxylic acids is 1. The van der Waals surface area contributed by atoms with Gasteiger partial charge >= 0.3 is 6.36 Å². The number of amides is 1. The number of thiophene rings is 1. The molecule has 0 bridgehead atoms. The van der Waals surface area contributed by atoms with Crippen LogP contribution in [-0.4, -0.2) is 17.3 Å². The first-order valence-electron chi connectivity index (χ1n) is 7.45. The number of hydrogen-bond donors (Lipinski definition) is 1. The van der Waals surface area contributed by atoms with E-state index in [-0.39, 0.29) is 23.8 Å². The highest BCUT2D eigenvalue weighted by atomic mass is 32.1. The van der Waals surface area contributed by atoms with Crippen molar-refractivity contribution in [3.63, 3.8) is 0 Å². The summed E-state index contributed by atoms with van der Waals surface area (Å²) in [7, 11) is 0. The lowest BCUT2D eigenvalue weighted by atomic mass is 10.2. The largest absolute Gasteiger partial charge is 0.573 e. The molecule has 0 aliphatic rings. The highest BCUT2D eigenvalue weighted by Crippen LogP contribution is 2.30. The highest BCUT2D eigenvalue weighted by molar-refractivity contribution is 7.17. The zero-order valence-corrected chi connectivity index (χ0v) is 15.1. The van der Waals surface area contributed by atoms with Crippen LogP contribution in [0.15, 0.2) is 41.1 Å². The number of hydrogen-bond acceptors (Lipinski definition) is 5. The number of rotatable bonds is 5. The summed E-state index contributed by atoms with van der Waals surface area (Å²) in [4.78, 5) is 17.2. The third-order valence-corrected chi connectivity index (χ3v) is 5.30. The number of nitrogens with one attached hydrogen (secondary N) is 1. The van der Waals surface area contributed by atoms with Crippen LogP contribution < -0.4 is 10.1 Å². The second kappa shape index (κ2) is 7.46. The molecule has 3 aromatic rings. The van der Waals surface area contributed by atoms with Gasteiger partial charge in [-0.1, -0.05) is 18.2 Å². The third kappa shape index (κ3) is 4.41. The first kappa shape index (κ1) is 18.4. The molecule has 1 amide bonds. The van der Waals surface area contributed by atoms with Gasteiger partial charge in [-0.15, -0.1) is 24.5 Å². The number of aromatic nitrogens is 1. The van der Waals surface area contributed by atoms with Gasteiger partial charge in [0.25, 0.3) is 5.91 Å². The molecule has 0 saturated heterocycles. The number of ether oxygens (including phenoxy) is 1. The van der Waals surface area contributed by atoms with E-state index in [2.05, 4.69) is 15.0 Å². The highest BCUT2D eigenvalue weighted by Gasteiger charge is 2.32. The van der Waals surface area contributed by atoms with E-state index in [9.17, 15) is 18.0 Å². The van der Waals surface area contributed by atoms with Gasteiger partial charge in [-0.3, -0.25) is 4.79 Å². The Bertz CT molecular complexity index is 905. The van der Waals surface area contributed by atoms with Crippen LogP contribution >= 0.6 is 22.7 Å². The van der Waals surface area contributed by atoms with Crippen LogP contribution in [-0.2, 0) is 6.54 Å². The fourth-order valence-electron chi connectivity index (χ4n) is 2.25. The monoisotopic (exact) mass is 398 g/mol. The van der Waals surface area contributed by atoms with Crippen LogP contribution in [0.2, 0.25) is 0 Å². The van der Waals surface area contributed by atoms with Crippen molar-refractivity contribution in [2.24, 2.45) is 0 Å². The van der Waals surface area contributed by atoms with Gasteiger partial charge in [0, 0.05) is 23.1 Å². The zero-order chi connectivity index (χ0) is 18.7. The van der Waals surface area contributed by atoms with Gasteiger partial charge in [0.2, 0.25) is 0 Å². The molecule has 0 radical (unpaired) electrons. The van der Waals surface area contributed by atoms with Crippen molar-refractivity contribution in [2.75, 3.05) is 0 Å². The Kier molecular flexibility index (Phi) is 5.28. The molecule has 4 nitrogen and oxygen atoms in total. The maximum Gasteiger partial charge on any atom is 0.573 e. The van der Waals surface area contributed by atoms with Gasteiger partial charge in [0.1, 0.15) is 15.6 Å². The first-order valence-corrected chi connectivity index (χ1v) is 9.21. The van der Waals surface area contributed by atoms with Crippen molar-refractivity contribution in [2.45, 2.75) is 19.8 Å². The summed E-state index contributed by atoms with van der Waals surface area (Å²) in [5.74, 6) is -0.719. The number of benzene rings is 1. The molecule has 136 valence electrons. The maximum atomic E-state index is 12.5. The van der Waals surface area contributed by atoms with Gasteiger partial charge in [-0.05, 0) is 24.4 Å². The number of aryl methyl sites for hydroxylation is 1. The fourth-order valence-corrected chi connectivity index (χ4v) is 3.94.